The van der Waals surface area contributed by atoms with Crippen LogP contribution >= 0.6 is 0 Å². The van der Waals surface area contributed by atoms with Crippen LogP contribution in [0.3, 0.4) is 0 Å². The molecule has 1 aliphatic rings. The zero-order valence-electron chi connectivity index (χ0n) is 12.4. The first-order chi connectivity index (χ1) is 10.5. The molecule has 1 aliphatic heterocycles. The van der Waals surface area contributed by atoms with E-state index < -0.39 is 6.10 Å². The fourth-order valence-corrected chi connectivity index (χ4v) is 2.35. The standard InChI is InChI=1S/C15H17FN4O2/c1-9(2)14-17-13(15(22)19-7-12(21)8-19)18-20(14)11-5-3-4-10(16)6-11/h3-6,9,12,21H,7-8H2,1-2H3. The van der Waals surface area contributed by atoms with E-state index in [1.165, 1.54) is 21.7 Å². The van der Waals surface area contributed by atoms with Crippen LogP contribution in [0.4, 0.5) is 4.39 Å². The topological polar surface area (TPSA) is 71.2 Å². The predicted octanol–water partition coefficient (Wildman–Crippen LogP) is 1.35. The van der Waals surface area contributed by atoms with Crippen molar-refractivity contribution in [1.29, 1.82) is 0 Å². The lowest BCUT2D eigenvalue weighted by atomic mass is 10.1. The SMILES string of the molecule is CC(C)c1nc(C(=O)N2CC(O)C2)nn1-c1cccc(F)c1. The van der Waals surface area contributed by atoms with Gasteiger partial charge in [-0.2, -0.15) is 0 Å². The van der Waals surface area contributed by atoms with E-state index in [-0.39, 0.29) is 23.5 Å². The third kappa shape index (κ3) is 2.59. The molecule has 1 aromatic heterocycles. The molecule has 1 fully saturated rings. The molecule has 1 saturated heterocycles. The lowest BCUT2D eigenvalue weighted by Crippen LogP contribution is -2.53. The zero-order chi connectivity index (χ0) is 15.9. The molecule has 0 atom stereocenters. The monoisotopic (exact) mass is 304 g/mol. The van der Waals surface area contributed by atoms with Gasteiger partial charge in [-0.05, 0) is 18.2 Å². The number of β-amino-alcohol motifs (C(OH)–C–C–N with tert-alkyl or cyclic N) is 1. The molecule has 3 rings (SSSR count). The van der Waals surface area contributed by atoms with Gasteiger partial charge in [0.25, 0.3) is 5.91 Å². The molecular weight excluding hydrogens is 287 g/mol. The van der Waals surface area contributed by atoms with E-state index in [0.717, 1.165) is 0 Å². The molecule has 0 bridgehead atoms. The van der Waals surface area contributed by atoms with Crippen molar-refractivity contribution in [3.05, 3.63) is 41.7 Å². The van der Waals surface area contributed by atoms with Gasteiger partial charge in [-0.15, -0.1) is 5.10 Å². The largest absolute Gasteiger partial charge is 0.389 e. The highest BCUT2D eigenvalue weighted by Gasteiger charge is 2.32. The fraction of sp³-hybridized carbons (Fsp3) is 0.400. The quantitative estimate of drug-likeness (QED) is 0.929. The van der Waals surface area contributed by atoms with Gasteiger partial charge in [0.15, 0.2) is 0 Å². The first-order valence-corrected chi connectivity index (χ1v) is 7.16. The van der Waals surface area contributed by atoms with Gasteiger partial charge in [0.2, 0.25) is 5.82 Å². The maximum Gasteiger partial charge on any atom is 0.293 e. The molecular formula is C15H17FN4O2. The number of likely N-dealkylation sites (tertiary alicyclic amines) is 1. The van der Waals surface area contributed by atoms with Crippen molar-refractivity contribution in [1.82, 2.24) is 19.7 Å². The third-order valence-electron chi connectivity index (χ3n) is 3.54. The van der Waals surface area contributed by atoms with Crippen molar-refractivity contribution in [2.45, 2.75) is 25.9 Å². The summed E-state index contributed by atoms with van der Waals surface area (Å²) in [7, 11) is 0. The summed E-state index contributed by atoms with van der Waals surface area (Å²) in [6.07, 6.45) is -0.473. The summed E-state index contributed by atoms with van der Waals surface area (Å²) in [6, 6.07) is 6.00. The Kier molecular flexibility index (Phi) is 3.66. The summed E-state index contributed by atoms with van der Waals surface area (Å²) in [4.78, 5) is 18.0. The normalized spacial score (nSPS) is 15.2. The first kappa shape index (κ1) is 14.6. The van der Waals surface area contributed by atoms with Gasteiger partial charge >= 0.3 is 0 Å². The number of aromatic nitrogens is 3. The van der Waals surface area contributed by atoms with Crippen LogP contribution in [-0.2, 0) is 0 Å². The number of amides is 1. The Balaban J connectivity index is 1.97. The minimum absolute atomic E-state index is 0.0271. The van der Waals surface area contributed by atoms with Gasteiger partial charge in [-0.1, -0.05) is 19.9 Å². The Bertz CT molecular complexity index is 707. The van der Waals surface area contributed by atoms with E-state index in [1.807, 2.05) is 13.8 Å². The Morgan fingerprint density at radius 2 is 2.14 bits per heavy atom. The van der Waals surface area contributed by atoms with Gasteiger partial charge in [0, 0.05) is 19.0 Å². The van der Waals surface area contributed by atoms with Gasteiger partial charge < -0.3 is 10.0 Å². The molecule has 1 amide bonds. The third-order valence-corrected chi connectivity index (χ3v) is 3.54. The summed E-state index contributed by atoms with van der Waals surface area (Å²) < 4.78 is 14.9. The average Bonchev–Trinajstić information content (AvgIpc) is 2.88. The number of carbonyl (C=O) groups excluding carboxylic acids is 1. The molecule has 0 saturated carbocycles. The number of hydrogen-bond donors (Lipinski definition) is 1. The Hall–Kier alpha value is -2.28. The van der Waals surface area contributed by atoms with Crippen LogP contribution in [0, 0.1) is 5.82 Å². The molecule has 0 spiro atoms. The minimum Gasteiger partial charge on any atom is -0.389 e. The Morgan fingerprint density at radius 3 is 2.73 bits per heavy atom. The van der Waals surface area contributed by atoms with Crippen molar-refractivity contribution in [2.24, 2.45) is 0 Å². The van der Waals surface area contributed by atoms with Crippen LogP contribution in [-0.4, -0.2) is 49.9 Å². The van der Waals surface area contributed by atoms with Gasteiger partial charge in [0.1, 0.15) is 11.6 Å². The molecule has 0 unspecified atom stereocenters. The van der Waals surface area contributed by atoms with E-state index in [9.17, 15) is 14.3 Å². The van der Waals surface area contributed by atoms with Crippen LogP contribution in [0.15, 0.2) is 24.3 Å². The van der Waals surface area contributed by atoms with Gasteiger partial charge in [-0.25, -0.2) is 14.1 Å². The van der Waals surface area contributed by atoms with Crippen LogP contribution in [0.5, 0.6) is 0 Å². The second-order valence-corrected chi connectivity index (χ2v) is 5.70. The highest BCUT2D eigenvalue weighted by Crippen LogP contribution is 2.19. The highest BCUT2D eigenvalue weighted by atomic mass is 19.1. The van der Waals surface area contributed by atoms with Gasteiger partial charge in [0.05, 0.1) is 11.8 Å². The lowest BCUT2D eigenvalue weighted by molar-refractivity contribution is 0.00508. The van der Waals surface area contributed by atoms with Crippen LogP contribution < -0.4 is 0 Å². The fourth-order valence-electron chi connectivity index (χ4n) is 2.35. The summed E-state index contributed by atoms with van der Waals surface area (Å²) in [6.45, 7) is 4.46. The van der Waals surface area contributed by atoms with Crippen LogP contribution in [0.25, 0.3) is 5.69 Å². The first-order valence-electron chi connectivity index (χ1n) is 7.16. The smallest absolute Gasteiger partial charge is 0.293 e. The number of nitrogens with zero attached hydrogens (tertiary/aromatic N) is 4. The molecule has 0 radical (unpaired) electrons. The summed E-state index contributed by atoms with van der Waals surface area (Å²) in [5.41, 5.74) is 0.527. The second kappa shape index (κ2) is 5.49. The Morgan fingerprint density at radius 1 is 1.41 bits per heavy atom. The number of rotatable bonds is 3. The number of halogens is 1. The summed E-state index contributed by atoms with van der Waals surface area (Å²) in [5, 5.41) is 13.5. The van der Waals surface area contributed by atoms with Gasteiger partial charge in [-0.3, -0.25) is 4.79 Å². The summed E-state index contributed by atoms with van der Waals surface area (Å²) in [5.74, 6) is -0.00187. The molecule has 116 valence electrons. The summed E-state index contributed by atoms with van der Waals surface area (Å²) >= 11 is 0. The zero-order valence-corrected chi connectivity index (χ0v) is 12.4. The van der Waals surface area contributed by atoms with Crippen LogP contribution in [0.1, 0.15) is 36.2 Å². The van der Waals surface area contributed by atoms with Crippen molar-refractivity contribution in [2.75, 3.05) is 13.1 Å². The maximum atomic E-state index is 13.4. The van der Waals surface area contributed by atoms with Crippen molar-refractivity contribution in [3.63, 3.8) is 0 Å². The second-order valence-electron chi connectivity index (χ2n) is 5.70. The van der Waals surface area contributed by atoms with Crippen molar-refractivity contribution >= 4 is 5.91 Å². The number of carbonyl (C=O) groups is 1. The van der Waals surface area contributed by atoms with E-state index in [2.05, 4.69) is 10.1 Å². The molecule has 1 N–H and O–H groups in total. The maximum absolute atomic E-state index is 13.4. The molecule has 1 aromatic carbocycles. The number of aliphatic hydroxyl groups is 1. The average molecular weight is 304 g/mol. The highest BCUT2D eigenvalue weighted by molar-refractivity contribution is 5.91. The predicted molar refractivity (Wildman–Crippen MR) is 77.3 cm³/mol. The van der Waals surface area contributed by atoms with Crippen LogP contribution in [0.2, 0.25) is 0 Å². The van der Waals surface area contributed by atoms with E-state index in [1.54, 1.807) is 12.1 Å². The minimum atomic E-state index is -0.473. The number of aliphatic hydroxyl groups excluding tert-OH is 1. The van der Waals surface area contributed by atoms with E-state index >= 15 is 0 Å². The molecule has 2 aromatic rings. The molecule has 0 aliphatic carbocycles. The van der Waals surface area contributed by atoms with E-state index in [4.69, 9.17) is 0 Å². The van der Waals surface area contributed by atoms with Crippen molar-refractivity contribution < 1.29 is 14.3 Å². The van der Waals surface area contributed by atoms with Crippen molar-refractivity contribution in [3.8, 4) is 5.69 Å². The number of hydrogen-bond acceptors (Lipinski definition) is 4. The molecule has 7 heteroatoms. The lowest BCUT2D eigenvalue weighted by Gasteiger charge is -2.34. The number of benzene rings is 1. The molecule has 6 nitrogen and oxygen atoms in total. The Labute approximate surface area is 127 Å². The van der Waals surface area contributed by atoms with E-state index in [0.29, 0.717) is 24.6 Å². The molecule has 2 heterocycles. The molecule has 22 heavy (non-hydrogen) atoms.